The zero-order valence-corrected chi connectivity index (χ0v) is 12.7. The molecule has 0 atom stereocenters. The molecule has 0 aliphatic carbocycles. The molecule has 7 heteroatoms. The van der Waals surface area contributed by atoms with Gasteiger partial charge in [-0.25, -0.2) is 13.6 Å². The average molecular weight is 311 g/mol. The predicted molar refractivity (Wildman–Crippen MR) is 83.3 cm³/mol. The molecule has 108 valence electrons. The van der Waals surface area contributed by atoms with E-state index in [9.17, 15) is 8.42 Å². The molecule has 5 N–H and O–H groups in total. The van der Waals surface area contributed by atoms with E-state index >= 15 is 0 Å². The van der Waals surface area contributed by atoms with E-state index in [1.165, 1.54) is 16.5 Å². The van der Waals surface area contributed by atoms with Gasteiger partial charge in [0.1, 0.15) is 4.90 Å². The SMILES string of the molecule is CCc1ccsc1CNc1ccc(N)cc1S(N)(=O)=O. The van der Waals surface area contributed by atoms with Gasteiger partial charge in [-0.15, -0.1) is 11.3 Å². The highest BCUT2D eigenvalue weighted by Crippen LogP contribution is 2.25. The molecule has 0 radical (unpaired) electrons. The molecule has 1 heterocycles. The van der Waals surface area contributed by atoms with Crippen LogP contribution in [-0.2, 0) is 23.0 Å². The van der Waals surface area contributed by atoms with E-state index in [1.54, 1.807) is 23.5 Å². The van der Waals surface area contributed by atoms with Gasteiger partial charge in [0.05, 0.1) is 5.69 Å². The lowest BCUT2D eigenvalue weighted by Gasteiger charge is -2.11. The van der Waals surface area contributed by atoms with Gasteiger partial charge in [0.25, 0.3) is 0 Å². The van der Waals surface area contributed by atoms with E-state index in [0.717, 1.165) is 6.42 Å². The molecule has 0 saturated heterocycles. The van der Waals surface area contributed by atoms with Gasteiger partial charge in [-0.2, -0.15) is 0 Å². The van der Waals surface area contributed by atoms with Gasteiger partial charge in [0.15, 0.2) is 0 Å². The molecule has 0 aliphatic rings. The summed E-state index contributed by atoms with van der Waals surface area (Å²) in [6.45, 7) is 2.65. The Bertz CT molecular complexity index is 708. The first-order valence-corrected chi connectivity index (χ1v) is 8.56. The highest BCUT2D eigenvalue weighted by atomic mass is 32.2. The smallest absolute Gasteiger partial charge is 0.240 e. The fourth-order valence-corrected chi connectivity index (χ4v) is 3.60. The highest BCUT2D eigenvalue weighted by molar-refractivity contribution is 7.89. The van der Waals surface area contributed by atoms with Crippen molar-refractivity contribution in [3.63, 3.8) is 0 Å². The van der Waals surface area contributed by atoms with Crippen LogP contribution >= 0.6 is 11.3 Å². The summed E-state index contributed by atoms with van der Waals surface area (Å²) >= 11 is 1.64. The van der Waals surface area contributed by atoms with Crippen molar-refractivity contribution in [1.29, 1.82) is 0 Å². The quantitative estimate of drug-likeness (QED) is 0.737. The largest absolute Gasteiger partial charge is 0.399 e. The summed E-state index contributed by atoms with van der Waals surface area (Å²) < 4.78 is 23.2. The molecule has 0 bridgehead atoms. The molecular formula is C13H17N3O2S2. The molecule has 1 aromatic heterocycles. The number of rotatable bonds is 5. The minimum atomic E-state index is -3.80. The second-order valence-corrected chi connectivity index (χ2v) is 6.91. The summed E-state index contributed by atoms with van der Waals surface area (Å²) in [5, 5.41) is 10.4. The Balaban J connectivity index is 2.26. The number of nitrogens with two attached hydrogens (primary N) is 2. The molecule has 0 amide bonds. The van der Waals surface area contributed by atoms with Crippen LogP contribution in [0, 0.1) is 0 Å². The average Bonchev–Trinajstić information content (AvgIpc) is 2.83. The van der Waals surface area contributed by atoms with E-state index in [-0.39, 0.29) is 4.90 Å². The second-order valence-electron chi connectivity index (χ2n) is 4.38. The molecule has 2 aromatic rings. The van der Waals surface area contributed by atoms with Crippen molar-refractivity contribution in [3.05, 3.63) is 40.1 Å². The van der Waals surface area contributed by atoms with E-state index < -0.39 is 10.0 Å². The minimum Gasteiger partial charge on any atom is -0.399 e. The monoisotopic (exact) mass is 311 g/mol. The maximum atomic E-state index is 11.6. The lowest BCUT2D eigenvalue weighted by atomic mass is 10.2. The van der Waals surface area contributed by atoms with Crippen LogP contribution < -0.4 is 16.2 Å². The van der Waals surface area contributed by atoms with Crippen molar-refractivity contribution in [2.24, 2.45) is 5.14 Å². The van der Waals surface area contributed by atoms with Crippen molar-refractivity contribution in [3.8, 4) is 0 Å². The van der Waals surface area contributed by atoms with Crippen LogP contribution in [0.15, 0.2) is 34.5 Å². The Kier molecular flexibility index (Phi) is 4.32. The fraction of sp³-hybridized carbons (Fsp3) is 0.231. The number of benzene rings is 1. The van der Waals surface area contributed by atoms with E-state index in [4.69, 9.17) is 10.9 Å². The molecule has 0 saturated carbocycles. The van der Waals surface area contributed by atoms with Crippen molar-refractivity contribution in [2.75, 3.05) is 11.1 Å². The van der Waals surface area contributed by atoms with Crippen LogP contribution in [0.5, 0.6) is 0 Å². The summed E-state index contributed by atoms with van der Waals surface area (Å²) in [7, 11) is -3.80. The minimum absolute atomic E-state index is 0.0205. The highest BCUT2D eigenvalue weighted by Gasteiger charge is 2.14. The Labute approximate surface area is 122 Å². The zero-order valence-electron chi connectivity index (χ0n) is 11.1. The third-order valence-corrected chi connectivity index (χ3v) is 4.88. The van der Waals surface area contributed by atoms with E-state index in [2.05, 4.69) is 18.3 Å². The summed E-state index contributed by atoms with van der Waals surface area (Å²) in [5.41, 5.74) is 7.71. The fourth-order valence-electron chi connectivity index (χ4n) is 1.93. The van der Waals surface area contributed by atoms with Crippen LogP contribution in [0.25, 0.3) is 0 Å². The molecule has 2 rings (SSSR count). The van der Waals surface area contributed by atoms with Crippen molar-refractivity contribution < 1.29 is 8.42 Å². The summed E-state index contributed by atoms with van der Waals surface area (Å²) in [4.78, 5) is 1.21. The first kappa shape index (κ1) is 14.8. The number of thiophene rings is 1. The van der Waals surface area contributed by atoms with Crippen LogP contribution in [0.4, 0.5) is 11.4 Å². The summed E-state index contributed by atoms with van der Waals surface area (Å²) in [6.07, 6.45) is 0.949. The first-order chi connectivity index (χ1) is 9.41. The number of aryl methyl sites for hydroxylation is 1. The predicted octanol–water partition coefficient (Wildman–Crippen LogP) is 2.15. The van der Waals surface area contributed by atoms with E-state index in [0.29, 0.717) is 17.9 Å². The normalized spacial score (nSPS) is 11.5. The van der Waals surface area contributed by atoms with Crippen molar-refractivity contribution >= 4 is 32.7 Å². The van der Waals surface area contributed by atoms with E-state index in [1.807, 2.05) is 5.38 Å². The molecule has 0 fully saturated rings. The third-order valence-electron chi connectivity index (χ3n) is 2.97. The Morgan fingerprint density at radius 2 is 2.05 bits per heavy atom. The maximum Gasteiger partial charge on any atom is 0.240 e. The van der Waals surface area contributed by atoms with Gasteiger partial charge in [-0.05, 0) is 41.6 Å². The number of nitrogen functional groups attached to an aromatic ring is 1. The van der Waals surface area contributed by atoms with Crippen LogP contribution in [-0.4, -0.2) is 8.42 Å². The number of sulfonamides is 1. The molecule has 1 aromatic carbocycles. The number of hydrogen-bond acceptors (Lipinski definition) is 5. The van der Waals surface area contributed by atoms with Gasteiger partial charge in [-0.3, -0.25) is 0 Å². The van der Waals surface area contributed by atoms with Gasteiger partial charge >= 0.3 is 0 Å². The Hall–Kier alpha value is -1.57. The topological polar surface area (TPSA) is 98.2 Å². The van der Waals surface area contributed by atoms with Gasteiger partial charge in [0, 0.05) is 17.1 Å². The molecule has 20 heavy (non-hydrogen) atoms. The van der Waals surface area contributed by atoms with Crippen LogP contribution in [0.3, 0.4) is 0 Å². The number of primary sulfonamides is 1. The zero-order chi connectivity index (χ0) is 14.8. The van der Waals surface area contributed by atoms with Crippen molar-refractivity contribution in [1.82, 2.24) is 0 Å². The van der Waals surface area contributed by atoms with Gasteiger partial charge in [-0.1, -0.05) is 6.92 Å². The second kappa shape index (κ2) is 5.82. The Morgan fingerprint density at radius 1 is 1.30 bits per heavy atom. The van der Waals surface area contributed by atoms with Gasteiger partial charge < -0.3 is 11.1 Å². The first-order valence-electron chi connectivity index (χ1n) is 6.13. The number of nitrogens with one attached hydrogen (secondary N) is 1. The van der Waals surface area contributed by atoms with Gasteiger partial charge in [0.2, 0.25) is 10.0 Å². The Morgan fingerprint density at radius 3 is 2.70 bits per heavy atom. The molecule has 0 spiro atoms. The number of hydrogen-bond donors (Lipinski definition) is 3. The molecule has 0 unspecified atom stereocenters. The molecular weight excluding hydrogens is 294 g/mol. The maximum absolute atomic E-state index is 11.6. The molecule has 0 aliphatic heterocycles. The standard InChI is InChI=1S/C13H17N3O2S2/c1-2-9-5-6-19-12(9)8-16-11-4-3-10(14)7-13(11)20(15,17)18/h3-7,16H,2,8,14H2,1H3,(H2,15,17,18). The summed E-state index contributed by atoms with van der Waals surface area (Å²) in [5.74, 6) is 0. The third kappa shape index (κ3) is 3.30. The number of anilines is 2. The molecule has 5 nitrogen and oxygen atoms in total. The van der Waals surface area contributed by atoms with Crippen LogP contribution in [0.2, 0.25) is 0 Å². The van der Waals surface area contributed by atoms with Crippen molar-refractivity contribution in [2.45, 2.75) is 24.8 Å². The lowest BCUT2D eigenvalue weighted by molar-refractivity contribution is 0.598. The lowest BCUT2D eigenvalue weighted by Crippen LogP contribution is -2.15. The summed E-state index contributed by atoms with van der Waals surface area (Å²) in [6, 6.07) is 6.72. The van der Waals surface area contributed by atoms with Crippen LogP contribution in [0.1, 0.15) is 17.4 Å².